The zero-order valence-electron chi connectivity index (χ0n) is 7.78. The zero-order chi connectivity index (χ0) is 8.20. The quantitative estimate of drug-likeness (QED) is 0.610. The molecule has 62 valence electrons. The van der Waals surface area contributed by atoms with Crippen LogP contribution in [-0.2, 0) is 0 Å². The number of hydrogen-bond acceptors (Lipinski definition) is 1. The fourth-order valence-corrected chi connectivity index (χ4v) is 0.684. The topological polar surface area (TPSA) is 30.9 Å². The molecule has 0 radical (unpaired) electrons. The molecule has 0 saturated carbocycles. The van der Waals surface area contributed by atoms with Crippen LogP contribution in [0.3, 0.4) is 0 Å². The summed E-state index contributed by atoms with van der Waals surface area (Å²) in [6, 6.07) is 0. The van der Waals surface area contributed by atoms with E-state index in [1.165, 1.54) is 6.42 Å². The Hall–Kier alpha value is -0.0800. The monoisotopic (exact) mass is 145 g/mol. The van der Waals surface area contributed by atoms with Crippen LogP contribution in [0.1, 0.15) is 27.2 Å². The van der Waals surface area contributed by atoms with E-state index in [0.29, 0.717) is 5.54 Å². The fraction of sp³-hybridized carbons (Fsp3) is 1.00. The average Bonchev–Trinajstić information content (AvgIpc) is 1.80. The van der Waals surface area contributed by atoms with E-state index in [0.717, 1.165) is 13.1 Å². The molecule has 0 saturated heterocycles. The highest BCUT2D eigenvalue weighted by Gasteiger charge is 2.15. The second-order valence-electron chi connectivity index (χ2n) is 3.80. The van der Waals surface area contributed by atoms with Crippen LogP contribution in [0.4, 0.5) is 0 Å². The van der Waals surface area contributed by atoms with E-state index in [2.05, 4.69) is 38.5 Å². The van der Waals surface area contributed by atoms with Gasteiger partial charge in [0.15, 0.2) is 0 Å². The van der Waals surface area contributed by atoms with E-state index in [1.807, 2.05) is 0 Å². The van der Waals surface area contributed by atoms with Crippen LogP contribution in [-0.4, -0.2) is 30.6 Å². The van der Waals surface area contributed by atoms with Gasteiger partial charge in [-0.1, -0.05) is 0 Å². The van der Waals surface area contributed by atoms with Gasteiger partial charge in [0.1, 0.15) is 0 Å². The van der Waals surface area contributed by atoms with Gasteiger partial charge in [0.2, 0.25) is 0 Å². The molecule has 0 atom stereocenters. The van der Waals surface area contributed by atoms with E-state index >= 15 is 0 Å². The highest BCUT2D eigenvalue weighted by atomic mass is 15.1. The van der Waals surface area contributed by atoms with Crippen LogP contribution in [0, 0.1) is 0 Å². The molecule has 0 aromatic rings. The van der Waals surface area contributed by atoms with E-state index < -0.39 is 0 Å². The highest BCUT2D eigenvalue weighted by molar-refractivity contribution is 4.71. The van der Waals surface area contributed by atoms with Crippen LogP contribution < -0.4 is 5.73 Å². The molecule has 0 amide bonds. The van der Waals surface area contributed by atoms with Crippen molar-refractivity contribution in [1.82, 2.24) is 4.90 Å². The van der Waals surface area contributed by atoms with Crippen molar-refractivity contribution < 1.29 is 5.73 Å². The Labute approximate surface area is 64.4 Å². The SMILES string of the molecule is CN(CCC[NH3+])C(C)(C)C. The van der Waals surface area contributed by atoms with Crippen molar-refractivity contribution in [1.29, 1.82) is 0 Å². The van der Waals surface area contributed by atoms with Crippen molar-refractivity contribution in [3.05, 3.63) is 0 Å². The Balaban J connectivity index is 3.52. The van der Waals surface area contributed by atoms with Gasteiger partial charge in [-0.25, -0.2) is 0 Å². The van der Waals surface area contributed by atoms with Gasteiger partial charge in [0, 0.05) is 18.5 Å². The first-order valence-corrected chi connectivity index (χ1v) is 3.99. The van der Waals surface area contributed by atoms with E-state index in [1.54, 1.807) is 0 Å². The summed E-state index contributed by atoms with van der Waals surface area (Å²) >= 11 is 0. The average molecular weight is 145 g/mol. The van der Waals surface area contributed by atoms with Crippen LogP contribution in [0.5, 0.6) is 0 Å². The van der Waals surface area contributed by atoms with Gasteiger partial charge in [0.25, 0.3) is 0 Å². The Bertz CT molecular complexity index is 83.7. The lowest BCUT2D eigenvalue weighted by atomic mass is 10.1. The lowest BCUT2D eigenvalue weighted by Gasteiger charge is -2.31. The van der Waals surface area contributed by atoms with Crippen LogP contribution in [0.2, 0.25) is 0 Å². The first-order chi connectivity index (χ1) is 4.48. The molecular formula is C8H21N2+. The number of rotatable bonds is 3. The summed E-state index contributed by atoms with van der Waals surface area (Å²) in [4.78, 5) is 2.36. The number of nitrogens with zero attached hydrogens (tertiary/aromatic N) is 1. The maximum absolute atomic E-state index is 3.81. The van der Waals surface area contributed by atoms with Gasteiger partial charge in [-0.3, -0.25) is 0 Å². The van der Waals surface area contributed by atoms with Crippen molar-refractivity contribution in [3.8, 4) is 0 Å². The predicted octanol–water partition coefficient (Wildman–Crippen LogP) is 0.349. The maximum atomic E-state index is 3.81. The van der Waals surface area contributed by atoms with Gasteiger partial charge in [-0.05, 0) is 27.8 Å². The van der Waals surface area contributed by atoms with E-state index in [-0.39, 0.29) is 0 Å². The number of quaternary nitrogens is 1. The smallest absolute Gasteiger partial charge is 0.0752 e. The fourth-order valence-electron chi connectivity index (χ4n) is 0.684. The van der Waals surface area contributed by atoms with Gasteiger partial charge >= 0.3 is 0 Å². The predicted molar refractivity (Wildman–Crippen MR) is 44.8 cm³/mol. The molecule has 0 fully saturated rings. The molecule has 0 heterocycles. The maximum Gasteiger partial charge on any atom is 0.0752 e. The van der Waals surface area contributed by atoms with E-state index in [9.17, 15) is 0 Å². The Morgan fingerprint density at radius 3 is 2.10 bits per heavy atom. The summed E-state index contributed by atoms with van der Waals surface area (Å²) in [5.74, 6) is 0. The van der Waals surface area contributed by atoms with Gasteiger partial charge in [0.05, 0.1) is 6.54 Å². The summed E-state index contributed by atoms with van der Waals surface area (Å²) in [6.07, 6.45) is 1.20. The molecule has 0 bridgehead atoms. The molecule has 0 aliphatic carbocycles. The van der Waals surface area contributed by atoms with Crippen molar-refractivity contribution >= 4 is 0 Å². The molecule has 0 spiro atoms. The summed E-state index contributed by atoms with van der Waals surface area (Å²) in [6.45, 7) is 8.90. The lowest BCUT2D eigenvalue weighted by Crippen LogP contribution is -2.51. The zero-order valence-corrected chi connectivity index (χ0v) is 7.78. The van der Waals surface area contributed by atoms with Crippen LogP contribution >= 0.6 is 0 Å². The third-order valence-corrected chi connectivity index (χ3v) is 1.89. The second-order valence-corrected chi connectivity index (χ2v) is 3.80. The van der Waals surface area contributed by atoms with Gasteiger partial charge in [-0.15, -0.1) is 0 Å². The second kappa shape index (κ2) is 3.94. The molecule has 0 aliphatic heterocycles. The Kier molecular flexibility index (Phi) is 3.91. The van der Waals surface area contributed by atoms with Crippen LogP contribution in [0.15, 0.2) is 0 Å². The molecule has 0 aromatic heterocycles. The molecule has 10 heavy (non-hydrogen) atoms. The molecule has 0 aromatic carbocycles. The minimum absolute atomic E-state index is 0.315. The minimum Gasteiger partial charge on any atom is -0.358 e. The Morgan fingerprint density at radius 1 is 1.30 bits per heavy atom. The molecule has 0 rings (SSSR count). The normalized spacial score (nSPS) is 12.6. The van der Waals surface area contributed by atoms with Gasteiger partial charge < -0.3 is 10.6 Å². The third-order valence-electron chi connectivity index (χ3n) is 1.89. The molecule has 0 aliphatic rings. The van der Waals surface area contributed by atoms with Crippen molar-refractivity contribution in [2.75, 3.05) is 20.1 Å². The minimum atomic E-state index is 0.315. The van der Waals surface area contributed by atoms with Crippen LogP contribution in [0.25, 0.3) is 0 Å². The molecule has 2 nitrogen and oxygen atoms in total. The molecule has 3 N–H and O–H groups in total. The van der Waals surface area contributed by atoms with Crippen molar-refractivity contribution in [3.63, 3.8) is 0 Å². The first kappa shape index (κ1) is 9.92. The highest BCUT2D eigenvalue weighted by Crippen LogP contribution is 2.09. The summed E-state index contributed by atoms with van der Waals surface area (Å²) in [7, 11) is 2.16. The standard InChI is InChI=1S/C8H20N2/c1-8(2,3)10(4)7-5-6-9/h5-7,9H2,1-4H3/p+1. The molecular weight excluding hydrogens is 124 g/mol. The first-order valence-electron chi connectivity index (χ1n) is 3.99. The van der Waals surface area contributed by atoms with Gasteiger partial charge in [-0.2, -0.15) is 0 Å². The van der Waals surface area contributed by atoms with Crippen molar-refractivity contribution in [2.45, 2.75) is 32.7 Å². The third kappa shape index (κ3) is 3.85. The Morgan fingerprint density at radius 2 is 1.80 bits per heavy atom. The van der Waals surface area contributed by atoms with Crippen molar-refractivity contribution in [2.24, 2.45) is 0 Å². The number of hydrogen-bond donors (Lipinski definition) is 1. The molecule has 2 heteroatoms. The molecule has 0 unspecified atom stereocenters. The summed E-state index contributed by atoms with van der Waals surface area (Å²) < 4.78 is 0. The largest absolute Gasteiger partial charge is 0.358 e. The lowest BCUT2D eigenvalue weighted by molar-refractivity contribution is -0.368. The summed E-state index contributed by atoms with van der Waals surface area (Å²) in [5, 5.41) is 0. The summed E-state index contributed by atoms with van der Waals surface area (Å²) in [5.41, 5.74) is 4.13. The van der Waals surface area contributed by atoms with E-state index in [4.69, 9.17) is 0 Å².